The van der Waals surface area contributed by atoms with Gasteiger partial charge in [0, 0.05) is 37.7 Å². The zero-order chi connectivity index (χ0) is 17.3. The van der Waals surface area contributed by atoms with Crippen molar-refractivity contribution in [1.82, 2.24) is 10.6 Å². The van der Waals surface area contributed by atoms with Gasteiger partial charge in [-0.05, 0) is 55.6 Å². The Morgan fingerprint density at radius 1 is 1.27 bits per heavy atom. The van der Waals surface area contributed by atoms with Crippen molar-refractivity contribution in [2.24, 2.45) is 16.3 Å². The van der Waals surface area contributed by atoms with Gasteiger partial charge in [0.15, 0.2) is 5.96 Å². The number of rotatable bonds is 6. The van der Waals surface area contributed by atoms with Crippen LogP contribution in [0.5, 0.6) is 0 Å². The topological polar surface area (TPSA) is 65.5 Å². The first-order valence-corrected chi connectivity index (χ1v) is 9.61. The molecule has 1 amide bonds. The molecule has 3 aliphatic rings. The number of benzene rings is 1. The number of anilines is 1. The lowest BCUT2D eigenvalue weighted by Crippen LogP contribution is -2.41. The van der Waals surface area contributed by atoms with Crippen molar-refractivity contribution in [2.75, 3.05) is 25.0 Å². The van der Waals surface area contributed by atoms with E-state index in [1.807, 2.05) is 18.2 Å². The molecule has 1 atom stereocenters. The number of carbonyl (C=O) groups excluding carboxylic acids is 1. The number of aliphatic imine (C=N–C) groups is 1. The van der Waals surface area contributed by atoms with Crippen molar-refractivity contribution in [2.45, 2.75) is 44.9 Å². The summed E-state index contributed by atoms with van der Waals surface area (Å²) in [6, 6.07) is 8.09. The van der Waals surface area contributed by atoms with Crippen LogP contribution in [0, 0.1) is 11.3 Å². The molecule has 1 unspecified atom stereocenters. The Labute approximate surface area is 172 Å². The van der Waals surface area contributed by atoms with E-state index < -0.39 is 0 Å². The Hall–Kier alpha value is -1.31. The molecule has 1 aliphatic heterocycles. The minimum atomic E-state index is 0. The molecule has 1 aromatic rings. The van der Waals surface area contributed by atoms with E-state index in [-0.39, 0.29) is 35.8 Å². The molecule has 2 saturated carbocycles. The number of hydrogen-bond acceptors (Lipinski definition) is 2. The van der Waals surface area contributed by atoms with Crippen molar-refractivity contribution in [1.29, 1.82) is 0 Å². The van der Waals surface area contributed by atoms with E-state index in [1.165, 1.54) is 31.2 Å². The quantitative estimate of drug-likeness (QED) is 0.340. The normalized spacial score (nSPS) is 23.3. The van der Waals surface area contributed by atoms with Gasteiger partial charge in [0.1, 0.15) is 0 Å². The van der Waals surface area contributed by atoms with Crippen molar-refractivity contribution >= 4 is 41.5 Å². The van der Waals surface area contributed by atoms with Gasteiger partial charge < -0.3 is 16.0 Å². The Balaban J connectivity index is 0.00000196. The molecule has 0 spiro atoms. The Morgan fingerprint density at radius 3 is 2.73 bits per heavy atom. The molecule has 1 heterocycles. The monoisotopic (exact) mass is 468 g/mol. The molecule has 0 saturated heterocycles. The van der Waals surface area contributed by atoms with Crippen LogP contribution in [0.3, 0.4) is 0 Å². The van der Waals surface area contributed by atoms with Crippen LogP contribution in [-0.2, 0) is 4.79 Å². The molecule has 0 bridgehead atoms. The Morgan fingerprint density at radius 2 is 2.04 bits per heavy atom. The lowest BCUT2D eigenvalue weighted by atomic mass is 9.90. The lowest BCUT2D eigenvalue weighted by molar-refractivity contribution is -0.116. The fourth-order valence-corrected chi connectivity index (χ4v) is 4.03. The molecule has 1 aromatic carbocycles. The van der Waals surface area contributed by atoms with Gasteiger partial charge in [-0.2, -0.15) is 0 Å². The van der Waals surface area contributed by atoms with Crippen LogP contribution < -0.4 is 16.0 Å². The molecular formula is C20H29IN4O. The highest BCUT2D eigenvalue weighted by Crippen LogP contribution is 2.61. The highest BCUT2D eigenvalue weighted by molar-refractivity contribution is 14.0. The van der Waals surface area contributed by atoms with E-state index >= 15 is 0 Å². The first-order valence-electron chi connectivity index (χ1n) is 9.61. The van der Waals surface area contributed by atoms with Crippen LogP contribution in [-0.4, -0.2) is 31.5 Å². The fourth-order valence-electron chi connectivity index (χ4n) is 4.03. The maximum Gasteiger partial charge on any atom is 0.225 e. The summed E-state index contributed by atoms with van der Waals surface area (Å²) in [7, 11) is 0. The van der Waals surface area contributed by atoms with E-state index in [1.54, 1.807) is 0 Å². The third-order valence-corrected chi connectivity index (χ3v) is 5.85. The summed E-state index contributed by atoms with van der Waals surface area (Å²) >= 11 is 0. The molecule has 4 rings (SSSR count). The third-order valence-electron chi connectivity index (χ3n) is 5.85. The Kier molecular flexibility index (Phi) is 6.10. The molecule has 3 N–H and O–H groups in total. The SMILES string of the molecule is CCNC(=NCC1(C2CC2)CC1)NCC1CC(=O)Nc2ccccc21.I. The average Bonchev–Trinajstić information content (AvgIpc) is 3.50. The van der Waals surface area contributed by atoms with Crippen LogP contribution in [0.15, 0.2) is 29.3 Å². The van der Waals surface area contributed by atoms with Crippen LogP contribution in [0.4, 0.5) is 5.69 Å². The summed E-state index contributed by atoms with van der Waals surface area (Å²) in [4.78, 5) is 16.8. The summed E-state index contributed by atoms with van der Waals surface area (Å²) < 4.78 is 0. The van der Waals surface area contributed by atoms with Crippen LogP contribution in [0.2, 0.25) is 0 Å². The molecule has 26 heavy (non-hydrogen) atoms. The molecule has 0 aromatic heterocycles. The molecule has 0 radical (unpaired) electrons. The van der Waals surface area contributed by atoms with Crippen molar-refractivity contribution in [3.63, 3.8) is 0 Å². The zero-order valence-electron chi connectivity index (χ0n) is 15.4. The number of nitrogens with one attached hydrogen (secondary N) is 3. The van der Waals surface area contributed by atoms with Crippen LogP contribution in [0.1, 0.15) is 50.5 Å². The van der Waals surface area contributed by atoms with E-state index in [0.717, 1.165) is 37.2 Å². The van der Waals surface area contributed by atoms with Crippen molar-refractivity contribution < 1.29 is 4.79 Å². The summed E-state index contributed by atoms with van der Waals surface area (Å²) in [5.74, 6) is 2.09. The standard InChI is InChI=1S/C20H28N4O.HI/c1-2-21-19(23-13-20(9-10-20)15-7-8-15)22-12-14-11-18(25)24-17-6-4-3-5-16(14)17;/h3-6,14-15H,2,7-13H2,1H3,(H,24,25)(H2,21,22,23);1H. The highest BCUT2D eigenvalue weighted by atomic mass is 127. The molecule has 6 heteroatoms. The number of guanidine groups is 1. The molecular weight excluding hydrogens is 439 g/mol. The minimum Gasteiger partial charge on any atom is -0.357 e. The van der Waals surface area contributed by atoms with Gasteiger partial charge in [-0.25, -0.2) is 0 Å². The van der Waals surface area contributed by atoms with Gasteiger partial charge in [0.25, 0.3) is 0 Å². The van der Waals surface area contributed by atoms with Gasteiger partial charge in [0.05, 0.1) is 0 Å². The predicted octanol–water partition coefficient (Wildman–Crippen LogP) is 3.48. The number of carbonyl (C=O) groups is 1. The molecule has 2 aliphatic carbocycles. The van der Waals surface area contributed by atoms with Crippen molar-refractivity contribution in [3.8, 4) is 0 Å². The van der Waals surface area contributed by atoms with Crippen LogP contribution >= 0.6 is 24.0 Å². The number of fused-ring (bicyclic) bond motifs is 1. The second kappa shape index (κ2) is 8.15. The number of amides is 1. The highest BCUT2D eigenvalue weighted by Gasteiger charge is 2.53. The third kappa shape index (κ3) is 4.32. The van der Waals surface area contributed by atoms with Crippen LogP contribution in [0.25, 0.3) is 0 Å². The van der Waals surface area contributed by atoms with E-state index in [9.17, 15) is 4.79 Å². The molecule has 5 nitrogen and oxygen atoms in total. The number of halogens is 1. The average molecular weight is 468 g/mol. The summed E-state index contributed by atoms with van der Waals surface area (Å²) in [6.07, 6.45) is 6.00. The number of para-hydroxylation sites is 1. The smallest absolute Gasteiger partial charge is 0.225 e. The second-order valence-electron chi connectivity index (χ2n) is 7.75. The first-order chi connectivity index (χ1) is 12.2. The Bertz CT molecular complexity index is 682. The number of nitrogens with zero attached hydrogens (tertiary/aromatic N) is 1. The minimum absolute atomic E-state index is 0. The van der Waals surface area contributed by atoms with Gasteiger partial charge >= 0.3 is 0 Å². The predicted molar refractivity (Wildman–Crippen MR) is 116 cm³/mol. The largest absolute Gasteiger partial charge is 0.357 e. The maximum atomic E-state index is 12.0. The summed E-state index contributed by atoms with van der Waals surface area (Å²) in [6.45, 7) is 4.61. The maximum absolute atomic E-state index is 12.0. The molecule has 2 fully saturated rings. The zero-order valence-corrected chi connectivity index (χ0v) is 17.7. The van der Waals surface area contributed by atoms with Gasteiger partial charge in [0.2, 0.25) is 5.91 Å². The summed E-state index contributed by atoms with van der Waals surface area (Å²) in [5, 5.41) is 9.79. The van der Waals surface area contributed by atoms with E-state index in [2.05, 4.69) is 28.9 Å². The van der Waals surface area contributed by atoms with Crippen molar-refractivity contribution in [3.05, 3.63) is 29.8 Å². The van der Waals surface area contributed by atoms with E-state index in [4.69, 9.17) is 4.99 Å². The number of hydrogen-bond donors (Lipinski definition) is 3. The van der Waals surface area contributed by atoms with Gasteiger partial charge in [-0.15, -0.1) is 24.0 Å². The molecule has 142 valence electrons. The van der Waals surface area contributed by atoms with Gasteiger partial charge in [-0.3, -0.25) is 9.79 Å². The second-order valence-corrected chi connectivity index (χ2v) is 7.75. The fraction of sp³-hybridized carbons (Fsp3) is 0.600. The first kappa shape index (κ1) is 19.5. The van der Waals surface area contributed by atoms with E-state index in [0.29, 0.717) is 11.8 Å². The lowest BCUT2D eigenvalue weighted by Gasteiger charge is -2.26. The summed E-state index contributed by atoms with van der Waals surface area (Å²) in [5.41, 5.74) is 2.67. The van der Waals surface area contributed by atoms with Gasteiger partial charge in [-0.1, -0.05) is 18.2 Å².